The number of carbonyl (C=O) groups is 1. The first kappa shape index (κ1) is 5.23. The maximum atomic E-state index is 10.3. The maximum absolute atomic E-state index is 10.3. The molecule has 2 unspecified atom stereocenters. The molecule has 3 heteroatoms. The van der Waals surface area contributed by atoms with E-state index in [0.717, 1.165) is 6.42 Å². The van der Waals surface area contributed by atoms with Gasteiger partial charge in [0.15, 0.2) is 0 Å². The molecule has 0 amide bonds. The number of fused-ring (bicyclic) bond motifs is 1. The Kier molecular flexibility index (Phi) is 0.858. The molecule has 2 N–H and O–H groups in total. The van der Waals surface area contributed by atoms with Gasteiger partial charge < -0.3 is 10.4 Å². The van der Waals surface area contributed by atoms with Gasteiger partial charge in [0, 0.05) is 6.04 Å². The third kappa shape index (κ3) is 0.721. The first-order chi connectivity index (χ1) is 4.27. The Morgan fingerprint density at radius 3 is 2.67 bits per heavy atom. The highest BCUT2D eigenvalue weighted by Gasteiger charge is 2.47. The van der Waals surface area contributed by atoms with Crippen LogP contribution in [-0.2, 0) is 4.79 Å². The van der Waals surface area contributed by atoms with Crippen LogP contribution >= 0.6 is 0 Å². The van der Waals surface area contributed by atoms with Crippen LogP contribution in [0.5, 0.6) is 0 Å². The molecule has 2 aliphatic rings. The van der Waals surface area contributed by atoms with Crippen LogP contribution in [0.1, 0.15) is 12.8 Å². The fourth-order valence-corrected chi connectivity index (χ4v) is 1.51. The molecule has 9 heavy (non-hydrogen) atoms. The Morgan fingerprint density at radius 1 is 1.56 bits per heavy atom. The maximum Gasteiger partial charge on any atom is 0.320 e. The highest BCUT2D eigenvalue weighted by atomic mass is 16.4. The molecule has 1 aliphatic carbocycles. The average molecular weight is 127 g/mol. The van der Waals surface area contributed by atoms with Crippen LogP contribution in [0.2, 0.25) is 0 Å². The second-order valence-corrected chi connectivity index (χ2v) is 2.90. The van der Waals surface area contributed by atoms with Gasteiger partial charge in [-0.3, -0.25) is 4.79 Å². The standard InChI is InChI=1S/C6H9NO2/c8-6(9)5-2-3-1-4(3)7-5/h3-5,7H,1-2H2,(H,8,9)/t3?,4-,5?/m1/s1. The van der Waals surface area contributed by atoms with Gasteiger partial charge in [0.1, 0.15) is 6.04 Å². The van der Waals surface area contributed by atoms with E-state index >= 15 is 0 Å². The van der Waals surface area contributed by atoms with Gasteiger partial charge in [0.25, 0.3) is 0 Å². The highest BCUT2D eigenvalue weighted by molar-refractivity contribution is 5.74. The lowest BCUT2D eigenvalue weighted by molar-refractivity contribution is -0.139. The summed E-state index contributed by atoms with van der Waals surface area (Å²) in [4.78, 5) is 10.3. The Balaban J connectivity index is 1.97. The first-order valence-electron chi connectivity index (χ1n) is 3.26. The van der Waals surface area contributed by atoms with Crippen molar-refractivity contribution in [2.75, 3.05) is 0 Å². The summed E-state index contributed by atoms with van der Waals surface area (Å²) >= 11 is 0. The van der Waals surface area contributed by atoms with E-state index in [1.54, 1.807) is 0 Å². The Labute approximate surface area is 53.1 Å². The number of piperidine rings is 1. The monoisotopic (exact) mass is 127 g/mol. The van der Waals surface area contributed by atoms with Crippen LogP contribution < -0.4 is 5.32 Å². The van der Waals surface area contributed by atoms with E-state index in [0.29, 0.717) is 12.0 Å². The van der Waals surface area contributed by atoms with E-state index in [1.807, 2.05) is 0 Å². The molecule has 1 aliphatic heterocycles. The molecule has 0 aromatic carbocycles. The van der Waals surface area contributed by atoms with E-state index in [4.69, 9.17) is 5.11 Å². The van der Waals surface area contributed by atoms with E-state index in [1.165, 1.54) is 6.42 Å². The SMILES string of the molecule is O=C(O)C1CC2C[C@H]2N1. The molecule has 0 spiro atoms. The van der Waals surface area contributed by atoms with Crippen molar-refractivity contribution in [3.8, 4) is 0 Å². The minimum Gasteiger partial charge on any atom is -0.480 e. The topological polar surface area (TPSA) is 49.3 Å². The molecule has 0 bridgehead atoms. The van der Waals surface area contributed by atoms with Crippen LogP contribution in [0.25, 0.3) is 0 Å². The minimum atomic E-state index is -0.692. The van der Waals surface area contributed by atoms with Gasteiger partial charge in [-0.15, -0.1) is 0 Å². The van der Waals surface area contributed by atoms with Crippen molar-refractivity contribution in [3.63, 3.8) is 0 Å². The van der Waals surface area contributed by atoms with Gasteiger partial charge >= 0.3 is 5.97 Å². The van der Waals surface area contributed by atoms with Gasteiger partial charge in [0.05, 0.1) is 0 Å². The zero-order chi connectivity index (χ0) is 6.43. The zero-order valence-electron chi connectivity index (χ0n) is 5.00. The summed E-state index contributed by atoms with van der Waals surface area (Å²) < 4.78 is 0. The third-order valence-corrected chi connectivity index (χ3v) is 2.17. The summed E-state index contributed by atoms with van der Waals surface area (Å²) in [5.41, 5.74) is 0. The van der Waals surface area contributed by atoms with Crippen molar-refractivity contribution in [3.05, 3.63) is 0 Å². The predicted molar refractivity (Wildman–Crippen MR) is 31.1 cm³/mol. The normalized spacial score (nSPS) is 46.4. The minimum absolute atomic E-state index is 0.242. The van der Waals surface area contributed by atoms with E-state index < -0.39 is 5.97 Å². The van der Waals surface area contributed by atoms with Crippen molar-refractivity contribution in [1.82, 2.24) is 5.32 Å². The molecule has 3 nitrogen and oxygen atoms in total. The molecule has 3 atom stereocenters. The smallest absolute Gasteiger partial charge is 0.320 e. The molecule has 1 saturated heterocycles. The predicted octanol–water partition coefficient (Wildman–Crippen LogP) is -0.179. The lowest BCUT2D eigenvalue weighted by atomic mass is 10.2. The largest absolute Gasteiger partial charge is 0.480 e. The summed E-state index contributed by atoms with van der Waals surface area (Å²) in [6.07, 6.45) is 2.05. The summed E-state index contributed by atoms with van der Waals surface area (Å²) in [6, 6.07) is 0.305. The van der Waals surface area contributed by atoms with Crippen LogP contribution in [0.4, 0.5) is 0 Å². The Morgan fingerprint density at radius 2 is 2.33 bits per heavy atom. The van der Waals surface area contributed by atoms with Crippen LogP contribution in [0.15, 0.2) is 0 Å². The second-order valence-electron chi connectivity index (χ2n) is 2.90. The molecule has 2 rings (SSSR count). The van der Waals surface area contributed by atoms with Gasteiger partial charge in [-0.1, -0.05) is 0 Å². The van der Waals surface area contributed by atoms with Crippen LogP contribution in [0.3, 0.4) is 0 Å². The van der Waals surface area contributed by atoms with Gasteiger partial charge in [0.2, 0.25) is 0 Å². The summed E-state index contributed by atoms with van der Waals surface area (Å²) in [6.45, 7) is 0. The average Bonchev–Trinajstić information content (AvgIpc) is 2.40. The Hall–Kier alpha value is -0.570. The number of carboxylic acids is 1. The van der Waals surface area contributed by atoms with Crippen LogP contribution in [-0.4, -0.2) is 23.2 Å². The zero-order valence-corrected chi connectivity index (χ0v) is 5.00. The summed E-state index contributed by atoms with van der Waals surface area (Å²) in [7, 11) is 0. The quantitative estimate of drug-likeness (QED) is 0.513. The van der Waals surface area contributed by atoms with Crippen molar-refractivity contribution >= 4 is 5.97 Å². The number of nitrogens with one attached hydrogen (secondary N) is 1. The lowest BCUT2D eigenvalue weighted by Gasteiger charge is -2.04. The van der Waals surface area contributed by atoms with Gasteiger partial charge in [-0.05, 0) is 18.8 Å². The van der Waals surface area contributed by atoms with E-state index in [-0.39, 0.29) is 6.04 Å². The summed E-state index contributed by atoms with van der Waals surface area (Å²) in [5.74, 6) is -0.00620. The molecule has 1 saturated carbocycles. The number of hydrogen-bond acceptors (Lipinski definition) is 2. The molecule has 50 valence electrons. The molecule has 0 aromatic heterocycles. The van der Waals surface area contributed by atoms with Crippen LogP contribution in [0, 0.1) is 5.92 Å². The van der Waals surface area contributed by atoms with E-state index in [2.05, 4.69) is 5.32 Å². The molecular weight excluding hydrogens is 118 g/mol. The van der Waals surface area contributed by atoms with Crippen molar-refractivity contribution in [1.29, 1.82) is 0 Å². The highest BCUT2D eigenvalue weighted by Crippen LogP contribution is 2.40. The van der Waals surface area contributed by atoms with E-state index in [9.17, 15) is 4.79 Å². The van der Waals surface area contributed by atoms with Gasteiger partial charge in [-0.2, -0.15) is 0 Å². The number of carboxylic acid groups (broad SMARTS) is 1. The molecule has 1 heterocycles. The van der Waals surface area contributed by atoms with Crippen molar-refractivity contribution in [2.24, 2.45) is 5.92 Å². The summed E-state index contributed by atoms with van der Waals surface area (Å²) in [5, 5.41) is 11.5. The van der Waals surface area contributed by atoms with Crippen molar-refractivity contribution in [2.45, 2.75) is 24.9 Å². The molecule has 0 aromatic rings. The fourth-order valence-electron chi connectivity index (χ4n) is 1.51. The molecule has 2 fully saturated rings. The molecule has 0 radical (unpaired) electrons. The number of hydrogen-bond donors (Lipinski definition) is 2. The Bertz CT molecular complexity index is 147. The number of rotatable bonds is 1. The fraction of sp³-hybridized carbons (Fsp3) is 0.833. The molecular formula is C6H9NO2. The lowest BCUT2D eigenvalue weighted by Crippen LogP contribution is -2.33. The van der Waals surface area contributed by atoms with Gasteiger partial charge in [-0.25, -0.2) is 0 Å². The third-order valence-electron chi connectivity index (χ3n) is 2.17. The van der Waals surface area contributed by atoms with Crippen molar-refractivity contribution < 1.29 is 9.90 Å². The second kappa shape index (κ2) is 1.48. The first-order valence-corrected chi connectivity index (χ1v) is 3.26. The number of aliphatic carboxylic acids is 1.